The number of nitrogens with zero attached hydrogens (tertiary/aromatic N) is 8. The van der Waals surface area contributed by atoms with Crippen LogP contribution in [0.3, 0.4) is 0 Å². The van der Waals surface area contributed by atoms with Crippen LogP contribution in [0.2, 0.25) is 0 Å². The van der Waals surface area contributed by atoms with Crippen molar-refractivity contribution in [3.8, 4) is 0 Å². The highest BCUT2D eigenvalue weighted by Crippen LogP contribution is 2.33. The van der Waals surface area contributed by atoms with Gasteiger partial charge in [-0.05, 0) is 81.3 Å². The number of piperidine rings is 2. The quantitative estimate of drug-likeness (QED) is 0.183. The summed E-state index contributed by atoms with van der Waals surface area (Å²) in [6, 6.07) is 6.79. The average Bonchev–Trinajstić information content (AvgIpc) is 3.87. The summed E-state index contributed by atoms with van der Waals surface area (Å²) in [7, 11) is 0. The van der Waals surface area contributed by atoms with E-state index in [1.54, 1.807) is 23.8 Å². The molecule has 0 bridgehead atoms. The monoisotopic (exact) mass is 804 g/mol. The molecule has 1 unspecified atom stereocenters. The molecule has 3 saturated heterocycles. The van der Waals surface area contributed by atoms with E-state index in [9.17, 15) is 24.0 Å². The average molecular weight is 805 g/mol. The first-order chi connectivity index (χ1) is 28.5. The lowest BCUT2D eigenvalue weighted by Gasteiger charge is -2.43. The second-order valence-corrected chi connectivity index (χ2v) is 16.7. The van der Waals surface area contributed by atoms with Crippen LogP contribution in [-0.4, -0.2) is 109 Å². The number of piperazine rings is 1. The number of imide groups is 1. The fourth-order valence-electron chi connectivity index (χ4n) is 9.85. The van der Waals surface area contributed by atoms with E-state index >= 15 is 4.39 Å². The van der Waals surface area contributed by atoms with E-state index in [1.807, 2.05) is 18.3 Å². The summed E-state index contributed by atoms with van der Waals surface area (Å²) in [5.74, 6) is -0.909. The number of fused-ring (bicyclic) bond motifs is 2. The number of nitrogens with one attached hydrogen (secondary N) is 2. The number of pyridine rings is 2. The van der Waals surface area contributed by atoms with Crippen molar-refractivity contribution < 1.29 is 23.6 Å². The summed E-state index contributed by atoms with van der Waals surface area (Å²) in [5, 5.41) is 6.23. The Morgan fingerprint density at radius 2 is 1.68 bits per heavy atom. The maximum absolute atomic E-state index is 15.3. The van der Waals surface area contributed by atoms with Gasteiger partial charge in [-0.1, -0.05) is 12.8 Å². The van der Waals surface area contributed by atoms with Crippen molar-refractivity contribution in [3.63, 3.8) is 0 Å². The van der Waals surface area contributed by atoms with E-state index in [0.29, 0.717) is 52.1 Å². The minimum atomic E-state index is -0.725. The molecule has 1 aliphatic carbocycles. The lowest BCUT2D eigenvalue weighted by atomic mass is 10.0. The Labute approximate surface area is 341 Å². The van der Waals surface area contributed by atoms with Crippen LogP contribution in [0, 0.1) is 12.7 Å². The maximum atomic E-state index is 15.3. The van der Waals surface area contributed by atoms with Crippen molar-refractivity contribution in [3.05, 3.63) is 80.6 Å². The van der Waals surface area contributed by atoms with Crippen molar-refractivity contribution >= 4 is 52.0 Å². The van der Waals surface area contributed by atoms with Gasteiger partial charge in [0.2, 0.25) is 17.8 Å². The number of hydrogen-bond acceptors (Lipinski definition) is 12. The van der Waals surface area contributed by atoms with Gasteiger partial charge in [0.15, 0.2) is 5.78 Å². The Hall–Kier alpha value is -5.61. The Balaban J connectivity index is 0.778. The molecule has 5 aliphatic rings. The fourth-order valence-corrected chi connectivity index (χ4v) is 9.85. The van der Waals surface area contributed by atoms with Gasteiger partial charge in [-0.2, -0.15) is 4.98 Å². The first-order valence-corrected chi connectivity index (χ1v) is 20.9. The maximum Gasteiger partial charge on any atom is 0.263 e. The third-order valence-electron chi connectivity index (χ3n) is 13.1. The molecule has 308 valence electrons. The van der Waals surface area contributed by atoms with Gasteiger partial charge in [0.05, 0.1) is 17.4 Å². The van der Waals surface area contributed by atoms with Crippen LogP contribution in [0.4, 0.5) is 21.8 Å². The van der Waals surface area contributed by atoms with Crippen molar-refractivity contribution in [2.75, 3.05) is 49.5 Å². The van der Waals surface area contributed by atoms with E-state index < -0.39 is 17.8 Å². The minimum Gasteiger partial charge on any atom is -0.370 e. The van der Waals surface area contributed by atoms with E-state index in [2.05, 4.69) is 35.3 Å². The van der Waals surface area contributed by atoms with Gasteiger partial charge in [-0.15, -0.1) is 0 Å². The smallest absolute Gasteiger partial charge is 0.263 e. The number of ketones is 1. The Morgan fingerprint density at radius 3 is 2.37 bits per heavy atom. The van der Waals surface area contributed by atoms with Crippen molar-refractivity contribution in [1.29, 1.82) is 0 Å². The summed E-state index contributed by atoms with van der Waals surface area (Å²) in [6.45, 7) is 9.13. The summed E-state index contributed by atoms with van der Waals surface area (Å²) >= 11 is 0. The predicted octanol–water partition coefficient (Wildman–Crippen LogP) is 4.24. The minimum absolute atomic E-state index is 0.00342. The zero-order valence-corrected chi connectivity index (χ0v) is 33.5. The number of halogens is 1. The number of carbonyl (C=O) groups is 4. The normalized spacial score (nSPS) is 21.1. The van der Waals surface area contributed by atoms with Crippen molar-refractivity contribution in [2.24, 2.45) is 0 Å². The number of aryl methyl sites for hydroxylation is 1. The van der Waals surface area contributed by atoms with Gasteiger partial charge in [-0.25, -0.2) is 14.4 Å². The largest absolute Gasteiger partial charge is 0.370 e. The molecule has 1 aromatic carbocycles. The van der Waals surface area contributed by atoms with Gasteiger partial charge >= 0.3 is 0 Å². The van der Waals surface area contributed by atoms with Crippen LogP contribution in [-0.2, 0) is 22.7 Å². The highest BCUT2D eigenvalue weighted by atomic mass is 19.1. The molecule has 4 fully saturated rings. The zero-order chi connectivity index (χ0) is 40.9. The molecule has 1 saturated carbocycles. The molecule has 2 N–H and O–H groups in total. The molecule has 3 amide bonds. The molecule has 16 heteroatoms. The fraction of sp³-hybridized carbons (Fsp3) is 0.488. The first kappa shape index (κ1) is 38.9. The van der Waals surface area contributed by atoms with Crippen LogP contribution >= 0.6 is 0 Å². The number of rotatable bonds is 9. The van der Waals surface area contributed by atoms with E-state index in [1.165, 1.54) is 17.9 Å². The van der Waals surface area contributed by atoms with Gasteiger partial charge < -0.3 is 15.1 Å². The summed E-state index contributed by atoms with van der Waals surface area (Å²) in [6.07, 6.45) is 9.87. The number of anilines is 3. The standard InChI is InChI=1S/C43H49FN10O5/c1-25-33-22-46-43(49-39(33)54(30-5-3-4-6-30)42(59)38(25)26(2)55)47-36-9-7-31(21-45-36)51-13-11-29(12-14-51)52-17-15-50(16-18-52)23-28-19-27-24-53(41(58)32(27)20-34(28)44)35-8-10-37(56)48-40(35)57/h7,9,19-22,29-30,35H,3-6,8,10-18,23-24H2,1-2H3,(H,48,56,57)(H,45,46,47,49). The summed E-state index contributed by atoms with van der Waals surface area (Å²) in [5.41, 5.74) is 3.68. The van der Waals surface area contributed by atoms with Crippen molar-refractivity contribution in [1.82, 2.24) is 39.5 Å². The van der Waals surface area contributed by atoms with Crippen LogP contribution in [0.15, 0.2) is 41.5 Å². The molecule has 9 rings (SSSR count). The lowest BCUT2D eigenvalue weighted by molar-refractivity contribution is -0.136. The van der Waals surface area contributed by atoms with E-state index in [0.717, 1.165) is 89.0 Å². The topological polar surface area (TPSA) is 166 Å². The molecule has 7 heterocycles. The number of benzene rings is 1. The first-order valence-electron chi connectivity index (χ1n) is 20.9. The molecule has 3 aromatic heterocycles. The molecule has 0 radical (unpaired) electrons. The van der Waals surface area contributed by atoms with Gasteiger partial charge in [-0.3, -0.25) is 43.7 Å². The molecular weight excluding hydrogens is 756 g/mol. The number of carbonyl (C=O) groups excluding carboxylic acids is 4. The highest BCUT2D eigenvalue weighted by Gasteiger charge is 2.40. The number of aromatic nitrogens is 4. The molecule has 4 aromatic rings. The predicted molar refractivity (Wildman–Crippen MR) is 218 cm³/mol. The van der Waals surface area contributed by atoms with E-state index in [4.69, 9.17) is 4.98 Å². The second-order valence-electron chi connectivity index (χ2n) is 16.7. The zero-order valence-electron chi connectivity index (χ0n) is 33.5. The molecule has 1 atom stereocenters. The van der Waals surface area contributed by atoms with Crippen LogP contribution in [0.5, 0.6) is 0 Å². The lowest BCUT2D eigenvalue weighted by Crippen LogP contribution is -2.53. The highest BCUT2D eigenvalue weighted by molar-refractivity contribution is 6.05. The molecule has 15 nitrogen and oxygen atoms in total. The molecule has 0 spiro atoms. The Bertz CT molecular complexity index is 2400. The van der Waals surface area contributed by atoms with Crippen LogP contribution in [0.1, 0.15) is 102 Å². The van der Waals surface area contributed by atoms with Crippen LogP contribution in [0.25, 0.3) is 11.0 Å². The molecule has 4 aliphatic heterocycles. The number of amides is 3. The van der Waals surface area contributed by atoms with Gasteiger partial charge in [0, 0.05) is 93.6 Å². The third kappa shape index (κ3) is 7.48. The van der Waals surface area contributed by atoms with E-state index in [-0.39, 0.29) is 54.1 Å². The summed E-state index contributed by atoms with van der Waals surface area (Å²) < 4.78 is 17.0. The molecule has 59 heavy (non-hydrogen) atoms. The Kier molecular flexibility index (Phi) is 10.5. The van der Waals surface area contributed by atoms with Gasteiger partial charge in [0.1, 0.15) is 23.3 Å². The number of hydrogen-bond donors (Lipinski definition) is 2. The Morgan fingerprint density at radius 1 is 0.915 bits per heavy atom. The SMILES string of the molecule is CC(=O)c1c(C)c2cnc(Nc3ccc(N4CCC(N5CCN(Cc6cc7c(cc6F)C(=O)N(C6CCC(=O)NC6=O)C7)CC5)CC4)cn3)nc2n(C2CCCC2)c1=O. The van der Waals surface area contributed by atoms with Crippen molar-refractivity contribution in [2.45, 2.75) is 96.4 Å². The number of Topliss-reactive ketones (excluding diaryl/α,β-unsaturated/α-hetero) is 1. The van der Waals surface area contributed by atoms with Gasteiger partial charge in [0.25, 0.3) is 11.5 Å². The van der Waals surface area contributed by atoms with Crippen LogP contribution < -0.4 is 21.1 Å². The second kappa shape index (κ2) is 15.9. The summed E-state index contributed by atoms with van der Waals surface area (Å²) in [4.78, 5) is 85.8. The third-order valence-corrected chi connectivity index (χ3v) is 13.1. The molecular formula is C43H49FN10O5.